The minimum Gasteiger partial charge on any atom is -0.490 e. The third-order valence-electron chi connectivity index (χ3n) is 3.88. The Labute approximate surface area is 122 Å². The van der Waals surface area contributed by atoms with Crippen LogP contribution in [-0.4, -0.2) is 29.8 Å². The summed E-state index contributed by atoms with van der Waals surface area (Å²) in [7, 11) is 0. The molecule has 3 nitrogen and oxygen atoms in total. The molecule has 20 heavy (non-hydrogen) atoms. The van der Waals surface area contributed by atoms with Crippen molar-refractivity contribution < 1.29 is 13.9 Å². The van der Waals surface area contributed by atoms with E-state index in [9.17, 15) is 4.39 Å². The minimum absolute atomic E-state index is 0.0429. The van der Waals surface area contributed by atoms with Crippen LogP contribution < -0.4 is 4.74 Å². The van der Waals surface area contributed by atoms with Gasteiger partial charge in [-0.15, -0.1) is 0 Å². The average molecular weight is 293 g/mol. The van der Waals surface area contributed by atoms with Crippen LogP contribution in [0.3, 0.4) is 0 Å². The van der Waals surface area contributed by atoms with Crippen LogP contribution in [0.25, 0.3) is 0 Å². The van der Waals surface area contributed by atoms with Crippen molar-refractivity contribution in [3.05, 3.63) is 29.6 Å². The van der Waals surface area contributed by atoms with E-state index >= 15 is 0 Å². The second-order valence-electron chi connectivity index (χ2n) is 5.32. The summed E-state index contributed by atoms with van der Waals surface area (Å²) in [5.41, 5.74) is 0.00613. The number of nitrogens with zero attached hydrogens (tertiary/aromatic N) is 1. The first-order chi connectivity index (χ1) is 9.71. The van der Waals surface area contributed by atoms with Crippen molar-refractivity contribution in [1.82, 2.24) is 0 Å². The average Bonchev–Trinajstić information content (AvgIpc) is 2.87. The molecule has 2 atom stereocenters. The Kier molecular flexibility index (Phi) is 3.86. The first kappa shape index (κ1) is 13.7. The number of hydrogen-bond donors (Lipinski definition) is 0. The molecule has 2 aliphatic rings. The molecule has 5 heteroatoms. The fraction of sp³-hybridized carbons (Fsp3) is 0.533. The van der Waals surface area contributed by atoms with Crippen LogP contribution in [0, 0.1) is 17.1 Å². The summed E-state index contributed by atoms with van der Waals surface area (Å²) in [5, 5.41) is 8.72. The van der Waals surface area contributed by atoms with Gasteiger partial charge in [-0.05, 0) is 24.3 Å². The van der Waals surface area contributed by atoms with E-state index in [4.69, 9.17) is 14.7 Å². The van der Waals surface area contributed by atoms with Crippen LogP contribution in [0.4, 0.5) is 4.39 Å². The predicted octanol–water partition coefficient (Wildman–Crippen LogP) is 3.13. The standard InChI is InChI=1S/C15H16FNO2S/c16-14-7-12(2-1-11(14)9-17)19-13-3-5-18-15(8-13)4-6-20-10-15/h1-2,7,13H,3-6,8,10H2. The molecule has 2 saturated heterocycles. The van der Waals surface area contributed by atoms with E-state index in [1.165, 1.54) is 12.1 Å². The molecule has 106 valence electrons. The van der Waals surface area contributed by atoms with Crippen molar-refractivity contribution >= 4 is 11.8 Å². The summed E-state index contributed by atoms with van der Waals surface area (Å²) in [4.78, 5) is 0. The number of thioether (sulfide) groups is 1. The van der Waals surface area contributed by atoms with Crippen LogP contribution in [0.15, 0.2) is 18.2 Å². The molecule has 0 bridgehead atoms. The fourth-order valence-electron chi connectivity index (χ4n) is 2.80. The number of nitriles is 1. The van der Waals surface area contributed by atoms with Gasteiger partial charge in [-0.1, -0.05) is 0 Å². The number of ether oxygens (including phenoxy) is 2. The molecule has 1 spiro atoms. The lowest BCUT2D eigenvalue weighted by molar-refractivity contribution is -0.0959. The Hall–Kier alpha value is -1.25. The van der Waals surface area contributed by atoms with Crippen molar-refractivity contribution in [2.45, 2.75) is 31.0 Å². The topological polar surface area (TPSA) is 42.2 Å². The molecule has 2 fully saturated rings. The monoisotopic (exact) mass is 293 g/mol. The molecule has 2 unspecified atom stereocenters. The van der Waals surface area contributed by atoms with E-state index in [1.54, 1.807) is 6.07 Å². The summed E-state index contributed by atoms with van der Waals surface area (Å²) in [5.74, 6) is 2.13. The zero-order valence-corrected chi connectivity index (χ0v) is 11.9. The smallest absolute Gasteiger partial charge is 0.144 e. The maximum Gasteiger partial charge on any atom is 0.144 e. The van der Waals surface area contributed by atoms with Crippen LogP contribution in [0.2, 0.25) is 0 Å². The number of benzene rings is 1. The van der Waals surface area contributed by atoms with E-state index in [-0.39, 0.29) is 17.3 Å². The van der Waals surface area contributed by atoms with E-state index < -0.39 is 5.82 Å². The first-order valence-corrected chi connectivity index (χ1v) is 7.94. The Morgan fingerprint density at radius 2 is 2.40 bits per heavy atom. The summed E-state index contributed by atoms with van der Waals surface area (Å²) in [6.07, 6.45) is 2.82. The lowest BCUT2D eigenvalue weighted by atomic mass is 9.91. The van der Waals surface area contributed by atoms with E-state index in [2.05, 4.69) is 0 Å². The molecule has 1 aromatic rings. The Bertz CT molecular complexity index is 537. The second kappa shape index (κ2) is 5.63. The van der Waals surface area contributed by atoms with Gasteiger partial charge in [0.15, 0.2) is 0 Å². The van der Waals surface area contributed by atoms with Crippen LogP contribution in [0.5, 0.6) is 5.75 Å². The number of rotatable bonds is 2. The molecule has 1 aromatic carbocycles. The zero-order chi connectivity index (χ0) is 14.0. The number of halogens is 1. The van der Waals surface area contributed by atoms with Crippen molar-refractivity contribution in [3.8, 4) is 11.8 Å². The molecular formula is C15H16FNO2S. The summed E-state index contributed by atoms with van der Waals surface area (Å²) in [6.45, 7) is 0.698. The van der Waals surface area contributed by atoms with E-state index in [0.717, 1.165) is 30.8 Å². The summed E-state index contributed by atoms with van der Waals surface area (Å²) >= 11 is 1.92. The van der Waals surface area contributed by atoms with Crippen molar-refractivity contribution in [2.24, 2.45) is 0 Å². The van der Waals surface area contributed by atoms with Crippen molar-refractivity contribution in [3.63, 3.8) is 0 Å². The molecule has 3 rings (SSSR count). The third kappa shape index (κ3) is 2.77. The lowest BCUT2D eigenvalue weighted by Gasteiger charge is -2.37. The second-order valence-corrected chi connectivity index (χ2v) is 6.43. The van der Waals surface area contributed by atoms with Crippen molar-refractivity contribution in [1.29, 1.82) is 5.26 Å². The van der Waals surface area contributed by atoms with Gasteiger partial charge >= 0.3 is 0 Å². The maximum absolute atomic E-state index is 13.6. The predicted molar refractivity (Wildman–Crippen MR) is 75.4 cm³/mol. The normalized spacial score (nSPS) is 29.3. The number of hydrogen-bond acceptors (Lipinski definition) is 4. The van der Waals surface area contributed by atoms with Gasteiger partial charge in [-0.3, -0.25) is 0 Å². The fourth-order valence-corrected chi connectivity index (χ4v) is 4.18. The van der Waals surface area contributed by atoms with E-state index in [0.29, 0.717) is 12.4 Å². The molecule has 0 amide bonds. The van der Waals surface area contributed by atoms with Gasteiger partial charge < -0.3 is 9.47 Å². The Balaban J connectivity index is 1.68. The van der Waals surface area contributed by atoms with Gasteiger partial charge in [0, 0.05) is 24.7 Å². The van der Waals surface area contributed by atoms with Crippen molar-refractivity contribution in [2.75, 3.05) is 18.1 Å². The van der Waals surface area contributed by atoms with Gasteiger partial charge in [0.1, 0.15) is 23.7 Å². The van der Waals surface area contributed by atoms with Crippen LogP contribution in [0.1, 0.15) is 24.8 Å². The van der Waals surface area contributed by atoms with Gasteiger partial charge in [0.05, 0.1) is 17.8 Å². The van der Waals surface area contributed by atoms with E-state index in [1.807, 2.05) is 17.8 Å². The quantitative estimate of drug-likeness (QED) is 0.840. The van der Waals surface area contributed by atoms with Gasteiger partial charge in [0.25, 0.3) is 0 Å². The molecule has 0 aromatic heterocycles. The molecule has 2 heterocycles. The highest BCUT2D eigenvalue weighted by atomic mass is 32.2. The Morgan fingerprint density at radius 3 is 3.10 bits per heavy atom. The summed E-state index contributed by atoms with van der Waals surface area (Å²) in [6, 6.07) is 6.23. The third-order valence-corrected chi connectivity index (χ3v) is 5.10. The lowest BCUT2D eigenvalue weighted by Crippen LogP contribution is -2.43. The largest absolute Gasteiger partial charge is 0.490 e. The molecule has 0 radical (unpaired) electrons. The summed E-state index contributed by atoms with van der Waals surface area (Å²) < 4.78 is 25.4. The highest BCUT2D eigenvalue weighted by molar-refractivity contribution is 7.99. The zero-order valence-electron chi connectivity index (χ0n) is 11.1. The molecule has 0 saturated carbocycles. The molecule has 0 N–H and O–H groups in total. The van der Waals surface area contributed by atoms with Gasteiger partial charge in [0.2, 0.25) is 0 Å². The first-order valence-electron chi connectivity index (χ1n) is 6.79. The highest BCUT2D eigenvalue weighted by Crippen LogP contribution is 2.39. The minimum atomic E-state index is -0.525. The highest BCUT2D eigenvalue weighted by Gasteiger charge is 2.41. The van der Waals surface area contributed by atoms with Gasteiger partial charge in [-0.2, -0.15) is 17.0 Å². The van der Waals surface area contributed by atoms with Crippen LogP contribution >= 0.6 is 11.8 Å². The van der Waals surface area contributed by atoms with Crippen LogP contribution in [-0.2, 0) is 4.74 Å². The SMILES string of the molecule is N#Cc1ccc(OC2CCOC3(CCSC3)C2)cc1F. The Morgan fingerprint density at radius 1 is 1.50 bits per heavy atom. The molecular weight excluding hydrogens is 277 g/mol. The molecule has 2 aliphatic heterocycles. The maximum atomic E-state index is 13.6. The molecule has 0 aliphatic carbocycles. The van der Waals surface area contributed by atoms with Gasteiger partial charge in [-0.25, -0.2) is 4.39 Å².